The summed E-state index contributed by atoms with van der Waals surface area (Å²) in [4.78, 5) is 0. The summed E-state index contributed by atoms with van der Waals surface area (Å²) in [5, 5.41) is -0.461. The molecular formula is C10H12ClNO4S. The first-order chi connectivity index (χ1) is 8.11. The van der Waals surface area contributed by atoms with Gasteiger partial charge in [0, 0.05) is 0 Å². The molecule has 0 saturated carbocycles. The van der Waals surface area contributed by atoms with Crippen molar-refractivity contribution < 1.29 is 17.9 Å². The molecule has 2 rings (SSSR count). The average molecular weight is 278 g/mol. The van der Waals surface area contributed by atoms with Crippen LogP contribution in [0.5, 0.6) is 11.5 Å². The van der Waals surface area contributed by atoms with Gasteiger partial charge in [-0.05, 0) is 12.1 Å². The van der Waals surface area contributed by atoms with Gasteiger partial charge in [-0.3, -0.25) is 0 Å². The number of hydrogen-bond acceptors (Lipinski definition) is 4. The summed E-state index contributed by atoms with van der Waals surface area (Å²) in [6.45, 7) is 0.450. The SMILES string of the molecule is O=S(=O)(CCl)NCC1COc2ccccc2O1. The maximum Gasteiger partial charge on any atom is 0.225 e. The number of halogens is 1. The fraction of sp³-hybridized carbons (Fsp3) is 0.400. The number of nitrogens with one attached hydrogen (secondary N) is 1. The molecule has 0 radical (unpaired) electrons. The Labute approximate surface area is 105 Å². The summed E-state index contributed by atoms with van der Waals surface area (Å²) in [6, 6.07) is 7.25. The first-order valence-electron chi connectivity index (χ1n) is 5.02. The predicted octanol–water partition coefficient (Wildman–Crippen LogP) is 0.942. The number of para-hydroxylation sites is 2. The van der Waals surface area contributed by atoms with E-state index in [1.165, 1.54) is 0 Å². The minimum Gasteiger partial charge on any atom is -0.486 e. The Hall–Kier alpha value is -0.980. The second kappa shape index (κ2) is 5.12. The third kappa shape index (κ3) is 3.24. The lowest BCUT2D eigenvalue weighted by Gasteiger charge is -2.26. The van der Waals surface area contributed by atoms with Gasteiger partial charge in [0.25, 0.3) is 0 Å². The van der Waals surface area contributed by atoms with Gasteiger partial charge in [-0.2, -0.15) is 0 Å². The zero-order valence-corrected chi connectivity index (χ0v) is 10.5. The molecule has 1 aliphatic rings. The smallest absolute Gasteiger partial charge is 0.225 e. The number of rotatable bonds is 4. The molecule has 0 aromatic heterocycles. The van der Waals surface area contributed by atoms with E-state index in [9.17, 15) is 8.42 Å². The Morgan fingerprint density at radius 3 is 2.76 bits per heavy atom. The first-order valence-corrected chi connectivity index (χ1v) is 7.21. The van der Waals surface area contributed by atoms with Gasteiger partial charge >= 0.3 is 0 Å². The van der Waals surface area contributed by atoms with Crippen LogP contribution in [0.3, 0.4) is 0 Å². The lowest BCUT2D eigenvalue weighted by atomic mass is 10.2. The number of benzene rings is 1. The molecule has 1 aliphatic heterocycles. The van der Waals surface area contributed by atoms with Crippen LogP contribution in [-0.2, 0) is 10.0 Å². The van der Waals surface area contributed by atoms with Crippen molar-refractivity contribution in [2.24, 2.45) is 0 Å². The van der Waals surface area contributed by atoms with Gasteiger partial charge < -0.3 is 9.47 Å². The van der Waals surface area contributed by atoms with E-state index in [0.717, 1.165) is 0 Å². The van der Waals surface area contributed by atoms with E-state index >= 15 is 0 Å². The highest BCUT2D eigenvalue weighted by Crippen LogP contribution is 2.30. The van der Waals surface area contributed by atoms with Crippen molar-refractivity contribution in [1.29, 1.82) is 0 Å². The molecule has 1 heterocycles. The molecule has 0 aliphatic carbocycles. The molecule has 1 N–H and O–H groups in total. The van der Waals surface area contributed by atoms with Crippen LogP contribution < -0.4 is 14.2 Å². The Bertz CT molecular complexity index is 491. The van der Waals surface area contributed by atoms with Crippen molar-refractivity contribution in [3.8, 4) is 11.5 Å². The van der Waals surface area contributed by atoms with Crippen LogP contribution in [-0.4, -0.2) is 32.9 Å². The van der Waals surface area contributed by atoms with Gasteiger partial charge in [0.2, 0.25) is 10.0 Å². The first kappa shape index (κ1) is 12.5. The lowest BCUT2D eigenvalue weighted by molar-refractivity contribution is 0.0943. The van der Waals surface area contributed by atoms with Crippen molar-refractivity contribution in [3.05, 3.63) is 24.3 Å². The molecule has 0 saturated heterocycles. The molecule has 94 valence electrons. The summed E-state index contributed by atoms with van der Waals surface area (Å²) in [7, 11) is -3.42. The second-order valence-electron chi connectivity index (χ2n) is 3.57. The molecule has 1 atom stereocenters. The normalized spacial score (nSPS) is 19.0. The molecule has 0 spiro atoms. The molecule has 7 heteroatoms. The molecule has 1 aromatic rings. The van der Waals surface area contributed by atoms with Crippen molar-refractivity contribution in [1.82, 2.24) is 4.72 Å². The van der Waals surface area contributed by atoms with Crippen molar-refractivity contribution in [2.75, 3.05) is 18.4 Å². The number of fused-ring (bicyclic) bond motifs is 1. The number of ether oxygens (including phenoxy) is 2. The van der Waals surface area contributed by atoms with Gasteiger partial charge in [-0.25, -0.2) is 13.1 Å². The largest absolute Gasteiger partial charge is 0.486 e. The topological polar surface area (TPSA) is 64.6 Å². The van der Waals surface area contributed by atoms with E-state index in [2.05, 4.69) is 4.72 Å². The fourth-order valence-corrected chi connectivity index (χ4v) is 2.17. The third-order valence-corrected chi connectivity index (χ3v) is 4.00. The predicted molar refractivity (Wildman–Crippen MR) is 64.0 cm³/mol. The highest BCUT2D eigenvalue weighted by Gasteiger charge is 2.22. The molecule has 0 amide bonds. The van der Waals surface area contributed by atoms with Crippen molar-refractivity contribution >= 4 is 21.6 Å². The zero-order chi connectivity index (χ0) is 12.3. The van der Waals surface area contributed by atoms with Crippen LogP contribution in [0.25, 0.3) is 0 Å². The van der Waals surface area contributed by atoms with E-state index in [1.54, 1.807) is 12.1 Å². The summed E-state index contributed by atoms with van der Waals surface area (Å²) >= 11 is 5.27. The average Bonchev–Trinajstić information content (AvgIpc) is 2.36. The molecule has 5 nitrogen and oxygen atoms in total. The Kier molecular flexibility index (Phi) is 3.76. The van der Waals surface area contributed by atoms with Crippen molar-refractivity contribution in [2.45, 2.75) is 6.10 Å². The summed E-state index contributed by atoms with van der Waals surface area (Å²) in [5.41, 5.74) is 0. The minimum absolute atomic E-state index is 0.142. The second-order valence-corrected chi connectivity index (χ2v) is 5.96. The van der Waals surface area contributed by atoms with Gasteiger partial charge in [-0.1, -0.05) is 12.1 Å². The van der Waals surface area contributed by atoms with Gasteiger partial charge in [0.1, 0.15) is 17.9 Å². The van der Waals surface area contributed by atoms with E-state index in [4.69, 9.17) is 21.1 Å². The van der Waals surface area contributed by atoms with Crippen LogP contribution in [0.1, 0.15) is 0 Å². The van der Waals surface area contributed by atoms with Crippen LogP contribution >= 0.6 is 11.6 Å². The Balaban J connectivity index is 1.95. The zero-order valence-electron chi connectivity index (χ0n) is 8.93. The molecular weight excluding hydrogens is 266 g/mol. The minimum atomic E-state index is -3.42. The van der Waals surface area contributed by atoms with Crippen LogP contribution in [0.4, 0.5) is 0 Å². The van der Waals surface area contributed by atoms with Crippen molar-refractivity contribution in [3.63, 3.8) is 0 Å². The molecule has 1 aromatic carbocycles. The number of sulfonamides is 1. The quantitative estimate of drug-likeness (QED) is 0.832. The van der Waals surface area contributed by atoms with E-state index in [0.29, 0.717) is 18.1 Å². The monoisotopic (exact) mass is 277 g/mol. The Morgan fingerprint density at radius 1 is 1.35 bits per heavy atom. The highest BCUT2D eigenvalue weighted by atomic mass is 35.5. The standard InChI is InChI=1S/C10H12ClNO4S/c11-7-17(13,14)12-5-8-6-15-9-3-1-2-4-10(9)16-8/h1-4,8,12H,5-7H2. The summed E-state index contributed by atoms with van der Waals surface area (Å²) < 4.78 is 35.7. The third-order valence-electron chi connectivity index (χ3n) is 2.24. The van der Waals surface area contributed by atoms with E-state index in [1.807, 2.05) is 12.1 Å². The maximum absolute atomic E-state index is 11.1. The van der Waals surface area contributed by atoms with Crippen LogP contribution in [0, 0.1) is 0 Å². The van der Waals surface area contributed by atoms with Crippen LogP contribution in [0.2, 0.25) is 0 Å². The summed E-state index contributed by atoms with van der Waals surface area (Å²) in [6.07, 6.45) is -0.345. The number of hydrogen-bond donors (Lipinski definition) is 1. The lowest BCUT2D eigenvalue weighted by Crippen LogP contribution is -2.40. The molecule has 17 heavy (non-hydrogen) atoms. The van der Waals surface area contributed by atoms with Crippen LogP contribution in [0.15, 0.2) is 24.3 Å². The van der Waals surface area contributed by atoms with E-state index < -0.39 is 15.2 Å². The van der Waals surface area contributed by atoms with Gasteiger partial charge in [-0.15, -0.1) is 11.6 Å². The van der Waals surface area contributed by atoms with Gasteiger partial charge in [0.05, 0.1) is 6.54 Å². The molecule has 0 fully saturated rings. The number of alkyl halides is 1. The Morgan fingerprint density at radius 2 is 2.06 bits per heavy atom. The fourth-order valence-electron chi connectivity index (χ4n) is 1.42. The van der Waals surface area contributed by atoms with E-state index in [-0.39, 0.29) is 12.6 Å². The highest BCUT2D eigenvalue weighted by molar-refractivity contribution is 7.90. The van der Waals surface area contributed by atoms with Gasteiger partial charge in [0.15, 0.2) is 11.5 Å². The summed E-state index contributed by atoms with van der Waals surface area (Å²) in [5.74, 6) is 1.29. The molecule has 1 unspecified atom stereocenters. The maximum atomic E-state index is 11.1. The molecule has 0 bridgehead atoms.